The van der Waals surface area contributed by atoms with Crippen molar-refractivity contribution in [2.45, 2.75) is 31.6 Å². The molecule has 0 amide bonds. The lowest BCUT2D eigenvalue weighted by molar-refractivity contribution is 0.432. The fraction of sp³-hybridized carbons (Fsp3) is 0.333. The van der Waals surface area contributed by atoms with Gasteiger partial charge in [0.25, 0.3) is 5.56 Å². The first-order valence-electron chi connectivity index (χ1n) is 6.73. The van der Waals surface area contributed by atoms with E-state index in [1.165, 1.54) is 24.3 Å². The lowest BCUT2D eigenvalue weighted by Crippen LogP contribution is -2.12. The van der Waals surface area contributed by atoms with E-state index in [1.54, 1.807) is 0 Å². The van der Waals surface area contributed by atoms with Crippen molar-refractivity contribution in [3.8, 4) is 17.1 Å². The molecule has 5 heteroatoms. The minimum Gasteiger partial charge on any atom is -0.505 e. The van der Waals surface area contributed by atoms with Gasteiger partial charge in [-0.05, 0) is 31.0 Å². The third kappa shape index (κ3) is 2.43. The van der Waals surface area contributed by atoms with Crippen molar-refractivity contribution in [3.05, 3.63) is 46.1 Å². The Kier molecular flexibility index (Phi) is 3.26. The molecule has 0 spiro atoms. The molecule has 104 valence electrons. The Labute approximate surface area is 115 Å². The van der Waals surface area contributed by atoms with Gasteiger partial charge in [0, 0.05) is 17.5 Å². The van der Waals surface area contributed by atoms with E-state index in [2.05, 4.69) is 9.97 Å². The summed E-state index contributed by atoms with van der Waals surface area (Å²) in [7, 11) is 0. The van der Waals surface area contributed by atoms with Crippen molar-refractivity contribution >= 4 is 0 Å². The van der Waals surface area contributed by atoms with Crippen LogP contribution in [0.25, 0.3) is 11.4 Å². The second kappa shape index (κ2) is 5.07. The highest BCUT2D eigenvalue weighted by Gasteiger charge is 2.19. The SMILES string of the molecule is O=c1cc(C2CCCC2)nc(-c2ccc(O)c(F)c2)[nH]1. The van der Waals surface area contributed by atoms with Crippen LogP contribution in [-0.4, -0.2) is 15.1 Å². The maximum atomic E-state index is 13.4. The summed E-state index contributed by atoms with van der Waals surface area (Å²) in [6, 6.07) is 5.49. The van der Waals surface area contributed by atoms with E-state index in [0.717, 1.165) is 31.4 Å². The van der Waals surface area contributed by atoms with E-state index in [-0.39, 0.29) is 5.56 Å². The fourth-order valence-electron chi connectivity index (χ4n) is 2.70. The third-order valence-corrected chi connectivity index (χ3v) is 3.76. The molecule has 3 rings (SSSR count). The summed E-state index contributed by atoms with van der Waals surface area (Å²) < 4.78 is 13.4. The smallest absolute Gasteiger partial charge is 0.251 e. The zero-order valence-electron chi connectivity index (χ0n) is 10.9. The van der Waals surface area contributed by atoms with Crippen molar-refractivity contribution in [2.24, 2.45) is 0 Å². The van der Waals surface area contributed by atoms with Gasteiger partial charge in [-0.1, -0.05) is 12.8 Å². The van der Waals surface area contributed by atoms with Crippen LogP contribution in [0.5, 0.6) is 5.75 Å². The molecule has 0 bridgehead atoms. The number of hydrogen-bond donors (Lipinski definition) is 2. The van der Waals surface area contributed by atoms with Gasteiger partial charge >= 0.3 is 0 Å². The van der Waals surface area contributed by atoms with Crippen molar-refractivity contribution in [3.63, 3.8) is 0 Å². The standard InChI is InChI=1S/C15H15FN2O2/c16-11-7-10(5-6-13(11)19)15-17-12(8-14(20)18-15)9-3-1-2-4-9/h5-9,19H,1-4H2,(H,17,18,20). The number of nitrogens with one attached hydrogen (secondary N) is 1. The molecule has 1 heterocycles. The van der Waals surface area contributed by atoms with Crippen LogP contribution in [0.2, 0.25) is 0 Å². The molecule has 1 fully saturated rings. The number of aromatic amines is 1. The summed E-state index contributed by atoms with van der Waals surface area (Å²) >= 11 is 0. The van der Waals surface area contributed by atoms with Crippen LogP contribution >= 0.6 is 0 Å². The molecule has 0 radical (unpaired) electrons. The summed E-state index contributed by atoms with van der Waals surface area (Å²) in [4.78, 5) is 18.8. The van der Waals surface area contributed by atoms with Gasteiger partial charge in [0.05, 0.1) is 5.69 Å². The second-order valence-electron chi connectivity index (χ2n) is 5.17. The van der Waals surface area contributed by atoms with Gasteiger partial charge < -0.3 is 10.1 Å². The van der Waals surface area contributed by atoms with Crippen LogP contribution in [0.15, 0.2) is 29.1 Å². The van der Waals surface area contributed by atoms with Gasteiger partial charge in [-0.15, -0.1) is 0 Å². The van der Waals surface area contributed by atoms with Crippen LogP contribution in [0.4, 0.5) is 4.39 Å². The molecule has 1 aromatic carbocycles. The second-order valence-corrected chi connectivity index (χ2v) is 5.17. The number of rotatable bonds is 2. The largest absolute Gasteiger partial charge is 0.505 e. The number of aromatic hydroxyl groups is 1. The highest BCUT2D eigenvalue weighted by molar-refractivity contribution is 5.56. The number of hydrogen-bond acceptors (Lipinski definition) is 3. The molecular weight excluding hydrogens is 259 g/mol. The Balaban J connectivity index is 2.04. The normalized spacial score (nSPS) is 15.7. The highest BCUT2D eigenvalue weighted by Crippen LogP contribution is 2.33. The lowest BCUT2D eigenvalue weighted by Gasteiger charge is -2.10. The summed E-state index contributed by atoms with van der Waals surface area (Å²) in [5, 5.41) is 9.21. The highest BCUT2D eigenvalue weighted by atomic mass is 19.1. The van der Waals surface area contributed by atoms with Crippen LogP contribution in [-0.2, 0) is 0 Å². The molecule has 2 N–H and O–H groups in total. The maximum absolute atomic E-state index is 13.4. The maximum Gasteiger partial charge on any atom is 0.251 e. The first kappa shape index (κ1) is 12.8. The Morgan fingerprint density at radius 3 is 2.70 bits per heavy atom. The average Bonchev–Trinajstić information content (AvgIpc) is 2.95. The van der Waals surface area contributed by atoms with E-state index >= 15 is 0 Å². The Morgan fingerprint density at radius 1 is 1.25 bits per heavy atom. The van der Waals surface area contributed by atoms with Crippen molar-refractivity contribution in [1.82, 2.24) is 9.97 Å². The van der Waals surface area contributed by atoms with Gasteiger partial charge in [-0.25, -0.2) is 9.37 Å². The predicted octanol–water partition coefficient (Wildman–Crippen LogP) is 2.94. The lowest BCUT2D eigenvalue weighted by atomic mass is 10.0. The van der Waals surface area contributed by atoms with E-state index in [4.69, 9.17) is 0 Å². The number of nitrogens with zero attached hydrogens (tertiary/aromatic N) is 1. The molecule has 1 aliphatic carbocycles. The number of halogens is 1. The fourth-order valence-corrected chi connectivity index (χ4v) is 2.70. The van der Waals surface area contributed by atoms with Crippen molar-refractivity contribution in [1.29, 1.82) is 0 Å². The zero-order valence-corrected chi connectivity index (χ0v) is 10.9. The minimum absolute atomic E-state index is 0.231. The molecule has 0 atom stereocenters. The topological polar surface area (TPSA) is 66.0 Å². The number of aromatic nitrogens is 2. The van der Waals surface area contributed by atoms with E-state index in [1.807, 2.05) is 0 Å². The first-order valence-corrected chi connectivity index (χ1v) is 6.73. The van der Waals surface area contributed by atoms with Crippen LogP contribution in [0.1, 0.15) is 37.3 Å². The monoisotopic (exact) mass is 274 g/mol. The van der Waals surface area contributed by atoms with E-state index < -0.39 is 11.6 Å². The number of phenols is 1. The van der Waals surface area contributed by atoms with Gasteiger partial charge in [0.2, 0.25) is 0 Å². The van der Waals surface area contributed by atoms with Crippen LogP contribution < -0.4 is 5.56 Å². The molecule has 1 aliphatic rings. The van der Waals surface area contributed by atoms with E-state index in [9.17, 15) is 14.3 Å². The molecule has 1 aromatic heterocycles. The summed E-state index contributed by atoms with van der Waals surface area (Å²) in [6.45, 7) is 0. The van der Waals surface area contributed by atoms with E-state index in [0.29, 0.717) is 17.3 Å². The number of H-pyrrole nitrogens is 1. The molecule has 0 unspecified atom stereocenters. The first-order chi connectivity index (χ1) is 9.63. The molecule has 0 saturated heterocycles. The Bertz CT molecular complexity index is 691. The summed E-state index contributed by atoms with van der Waals surface area (Å²) in [5.41, 5.74) is 0.998. The van der Waals surface area contributed by atoms with Crippen molar-refractivity contribution in [2.75, 3.05) is 0 Å². The van der Waals surface area contributed by atoms with Gasteiger partial charge in [-0.2, -0.15) is 0 Å². The molecular formula is C15H15FN2O2. The molecule has 20 heavy (non-hydrogen) atoms. The molecule has 4 nitrogen and oxygen atoms in total. The third-order valence-electron chi connectivity index (χ3n) is 3.76. The van der Waals surface area contributed by atoms with Gasteiger partial charge in [0.15, 0.2) is 11.6 Å². The molecule has 0 aliphatic heterocycles. The average molecular weight is 274 g/mol. The Morgan fingerprint density at radius 2 is 2.00 bits per heavy atom. The minimum atomic E-state index is -0.726. The quantitative estimate of drug-likeness (QED) is 0.884. The van der Waals surface area contributed by atoms with Crippen LogP contribution in [0, 0.1) is 5.82 Å². The van der Waals surface area contributed by atoms with Gasteiger partial charge in [-0.3, -0.25) is 4.79 Å². The molecule has 2 aromatic rings. The molecule has 1 saturated carbocycles. The summed E-state index contributed by atoms with van der Waals surface area (Å²) in [6.07, 6.45) is 4.39. The predicted molar refractivity (Wildman–Crippen MR) is 73.1 cm³/mol. The number of phenolic OH excluding ortho intramolecular Hbond substituents is 1. The number of benzene rings is 1. The summed E-state index contributed by atoms with van der Waals surface area (Å²) in [5.74, 6) is -0.476. The van der Waals surface area contributed by atoms with Gasteiger partial charge in [0.1, 0.15) is 5.82 Å². The van der Waals surface area contributed by atoms with Crippen molar-refractivity contribution < 1.29 is 9.50 Å². The Hall–Kier alpha value is -2.17. The zero-order chi connectivity index (χ0) is 14.1. The van der Waals surface area contributed by atoms with Crippen LogP contribution in [0.3, 0.4) is 0 Å².